The third-order valence-electron chi connectivity index (χ3n) is 3.54. The molecule has 0 amide bonds. The van der Waals surface area contributed by atoms with Gasteiger partial charge in [0.25, 0.3) is 5.69 Å². The number of non-ortho nitro benzene ring substituents is 1. The van der Waals surface area contributed by atoms with Crippen molar-refractivity contribution in [2.45, 2.75) is 26.3 Å². The van der Waals surface area contributed by atoms with Gasteiger partial charge in [-0.2, -0.15) is 0 Å². The second kappa shape index (κ2) is 6.29. The molecule has 1 aromatic carbocycles. The van der Waals surface area contributed by atoms with Crippen molar-refractivity contribution in [3.8, 4) is 0 Å². The molecular formula is C16H16N4O2S. The number of nitro groups is 1. The number of aromatic nitrogens is 2. The number of aryl methyl sites for hydroxylation is 1. The quantitative estimate of drug-likeness (QED) is 0.557. The summed E-state index contributed by atoms with van der Waals surface area (Å²) in [5.74, 6) is 0.729. The summed E-state index contributed by atoms with van der Waals surface area (Å²) in [5, 5.41) is 15.9. The van der Waals surface area contributed by atoms with E-state index in [1.807, 2.05) is 25.3 Å². The predicted octanol–water partition coefficient (Wildman–Crippen LogP) is 4.34. The van der Waals surface area contributed by atoms with Gasteiger partial charge in [-0.15, -0.1) is 11.3 Å². The molecule has 3 aromatic rings. The Bertz CT molecular complexity index is 862. The van der Waals surface area contributed by atoms with Crippen molar-refractivity contribution in [3.63, 3.8) is 0 Å². The molecule has 0 radical (unpaired) electrons. The predicted molar refractivity (Wildman–Crippen MR) is 91.9 cm³/mol. The number of thiazole rings is 1. The van der Waals surface area contributed by atoms with Gasteiger partial charge in [-0.3, -0.25) is 10.1 Å². The number of anilines is 1. The van der Waals surface area contributed by atoms with Gasteiger partial charge in [0.2, 0.25) is 0 Å². The number of fused-ring (bicyclic) bond motifs is 1. The fourth-order valence-corrected chi connectivity index (χ4v) is 3.14. The van der Waals surface area contributed by atoms with Crippen LogP contribution in [0.4, 0.5) is 11.5 Å². The molecule has 0 spiro atoms. The van der Waals surface area contributed by atoms with E-state index in [1.165, 1.54) is 17.0 Å². The molecule has 6 nitrogen and oxygen atoms in total. The van der Waals surface area contributed by atoms with Crippen LogP contribution in [0.25, 0.3) is 10.9 Å². The van der Waals surface area contributed by atoms with E-state index in [1.54, 1.807) is 17.4 Å². The summed E-state index contributed by atoms with van der Waals surface area (Å²) in [5.41, 5.74) is 0.796. The molecule has 3 rings (SSSR count). The Hall–Kier alpha value is -2.54. The second-order valence-electron chi connectivity index (χ2n) is 5.21. The van der Waals surface area contributed by atoms with Crippen LogP contribution in [0, 0.1) is 10.1 Å². The monoisotopic (exact) mass is 328 g/mol. The molecule has 7 heteroatoms. The lowest BCUT2D eigenvalue weighted by atomic mass is 10.2. The van der Waals surface area contributed by atoms with Crippen LogP contribution in [0.1, 0.15) is 29.8 Å². The normalized spacial score (nSPS) is 12.3. The van der Waals surface area contributed by atoms with Crippen molar-refractivity contribution in [3.05, 3.63) is 56.5 Å². The zero-order valence-corrected chi connectivity index (χ0v) is 13.6. The Balaban J connectivity index is 1.82. The van der Waals surface area contributed by atoms with Gasteiger partial charge in [0.15, 0.2) is 0 Å². The standard InChI is InChI=1S/C16H16N4O2S/c1-3-13-9-17-16(23-13)10(2)18-15-7-4-11-8-12(20(21)22)5-6-14(11)19-15/h4-10H,3H2,1-2H3,(H,18,19). The Morgan fingerprint density at radius 1 is 1.35 bits per heavy atom. The number of benzene rings is 1. The minimum atomic E-state index is -0.401. The summed E-state index contributed by atoms with van der Waals surface area (Å²) in [6.45, 7) is 4.15. The van der Waals surface area contributed by atoms with Crippen LogP contribution in [0.3, 0.4) is 0 Å². The van der Waals surface area contributed by atoms with Crippen molar-refractivity contribution < 1.29 is 4.92 Å². The SMILES string of the molecule is CCc1cnc(C(C)Nc2ccc3cc([N+](=O)[O-])ccc3n2)s1. The minimum Gasteiger partial charge on any atom is -0.361 e. The van der Waals surface area contributed by atoms with Crippen LogP contribution in [-0.2, 0) is 6.42 Å². The van der Waals surface area contributed by atoms with Crippen molar-refractivity contribution in [1.82, 2.24) is 9.97 Å². The van der Waals surface area contributed by atoms with Gasteiger partial charge >= 0.3 is 0 Å². The maximum Gasteiger partial charge on any atom is 0.270 e. The van der Waals surface area contributed by atoms with Crippen LogP contribution in [0.15, 0.2) is 36.5 Å². The maximum atomic E-state index is 10.8. The fraction of sp³-hybridized carbons (Fsp3) is 0.250. The van der Waals surface area contributed by atoms with E-state index in [0.717, 1.165) is 28.1 Å². The average Bonchev–Trinajstić information content (AvgIpc) is 3.03. The highest BCUT2D eigenvalue weighted by atomic mass is 32.1. The van der Waals surface area contributed by atoms with Crippen molar-refractivity contribution >= 4 is 33.7 Å². The lowest BCUT2D eigenvalue weighted by Gasteiger charge is -2.12. The van der Waals surface area contributed by atoms with Crippen LogP contribution in [-0.4, -0.2) is 14.9 Å². The number of nitrogens with zero attached hydrogens (tertiary/aromatic N) is 3. The number of hydrogen-bond acceptors (Lipinski definition) is 6. The molecular weight excluding hydrogens is 312 g/mol. The number of rotatable bonds is 5. The maximum absolute atomic E-state index is 10.8. The van der Waals surface area contributed by atoms with Gasteiger partial charge in [0.1, 0.15) is 10.8 Å². The summed E-state index contributed by atoms with van der Waals surface area (Å²) < 4.78 is 0. The van der Waals surface area contributed by atoms with E-state index in [9.17, 15) is 10.1 Å². The van der Waals surface area contributed by atoms with Crippen molar-refractivity contribution in [2.75, 3.05) is 5.32 Å². The van der Waals surface area contributed by atoms with E-state index >= 15 is 0 Å². The first-order valence-electron chi connectivity index (χ1n) is 7.33. The molecule has 0 bridgehead atoms. The van der Waals surface area contributed by atoms with Crippen molar-refractivity contribution in [1.29, 1.82) is 0 Å². The van der Waals surface area contributed by atoms with Crippen LogP contribution < -0.4 is 5.32 Å². The molecule has 0 saturated heterocycles. The molecule has 2 aromatic heterocycles. The highest BCUT2D eigenvalue weighted by Gasteiger charge is 2.12. The number of pyridine rings is 1. The van der Waals surface area contributed by atoms with Crippen LogP contribution >= 0.6 is 11.3 Å². The second-order valence-corrected chi connectivity index (χ2v) is 6.36. The molecule has 0 aliphatic heterocycles. The summed E-state index contributed by atoms with van der Waals surface area (Å²) in [6, 6.07) is 8.40. The Morgan fingerprint density at radius 3 is 2.87 bits per heavy atom. The van der Waals surface area contributed by atoms with Crippen LogP contribution in [0.5, 0.6) is 0 Å². The Labute approximate surface area is 137 Å². The highest BCUT2D eigenvalue weighted by molar-refractivity contribution is 7.11. The first kappa shape index (κ1) is 15.4. The lowest BCUT2D eigenvalue weighted by molar-refractivity contribution is -0.384. The molecule has 0 fully saturated rings. The molecule has 1 unspecified atom stereocenters. The molecule has 2 heterocycles. The first-order chi connectivity index (χ1) is 11.1. The zero-order valence-electron chi connectivity index (χ0n) is 12.8. The fourth-order valence-electron chi connectivity index (χ4n) is 2.28. The smallest absolute Gasteiger partial charge is 0.270 e. The average molecular weight is 328 g/mol. The third-order valence-corrected chi connectivity index (χ3v) is 4.86. The number of nitro benzene ring substituents is 1. The molecule has 1 atom stereocenters. The minimum absolute atomic E-state index is 0.0586. The van der Waals surface area contributed by atoms with E-state index in [-0.39, 0.29) is 11.7 Å². The Kier molecular flexibility index (Phi) is 4.20. The third kappa shape index (κ3) is 3.29. The van der Waals surface area contributed by atoms with E-state index < -0.39 is 4.92 Å². The molecule has 1 N–H and O–H groups in total. The molecule has 0 saturated carbocycles. The topological polar surface area (TPSA) is 81.0 Å². The molecule has 23 heavy (non-hydrogen) atoms. The summed E-state index contributed by atoms with van der Waals surface area (Å²) in [7, 11) is 0. The van der Waals surface area contributed by atoms with E-state index in [4.69, 9.17) is 0 Å². The number of hydrogen-bond donors (Lipinski definition) is 1. The molecule has 118 valence electrons. The first-order valence-corrected chi connectivity index (χ1v) is 8.15. The van der Waals surface area contributed by atoms with Gasteiger partial charge in [-0.25, -0.2) is 9.97 Å². The summed E-state index contributed by atoms with van der Waals surface area (Å²) >= 11 is 1.69. The molecule has 0 aliphatic carbocycles. The summed E-state index contributed by atoms with van der Waals surface area (Å²) in [6.07, 6.45) is 2.89. The van der Waals surface area contributed by atoms with Gasteiger partial charge in [0, 0.05) is 28.6 Å². The van der Waals surface area contributed by atoms with Gasteiger partial charge in [-0.1, -0.05) is 6.92 Å². The Morgan fingerprint density at radius 2 is 2.17 bits per heavy atom. The van der Waals surface area contributed by atoms with Gasteiger partial charge < -0.3 is 5.32 Å². The van der Waals surface area contributed by atoms with Gasteiger partial charge in [-0.05, 0) is 31.5 Å². The zero-order chi connectivity index (χ0) is 16.4. The highest BCUT2D eigenvalue weighted by Crippen LogP contribution is 2.25. The van der Waals surface area contributed by atoms with E-state index in [0.29, 0.717) is 0 Å². The number of nitrogens with one attached hydrogen (secondary N) is 1. The van der Waals surface area contributed by atoms with Gasteiger partial charge in [0.05, 0.1) is 16.5 Å². The van der Waals surface area contributed by atoms with Crippen LogP contribution in [0.2, 0.25) is 0 Å². The molecule has 0 aliphatic rings. The largest absolute Gasteiger partial charge is 0.361 e. The summed E-state index contributed by atoms with van der Waals surface area (Å²) in [4.78, 5) is 20.6. The van der Waals surface area contributed by atoms with Crippen molar-refractivity contribution in [2.24, 2.45) is 0 Å². The van der Waals surface area contributed by atoms with E-state index in [2.05, 4.69) is 22.2 Å². The lowest BCUT2D eigenvalue weighted by Crippen LogP contribution is -2.07.